The molecular formula is C26H32N4O3. The number of carbonyl (C=O) groups excluding carboxylic acids is 1. The molecule has 0 saturated carbocycles. The first-order valence-corrected chi connectivity index (χ1v) is 11.7. The minimum absolute atomic E-state index is 0.0267. The van der Waals surface area contributed by atoms with Gasteiger partial charge in [0.05, 0.1) is 25.4 Å². The summed E-state index contributed by atoms with van der Waals surface area (Å²) in [5.74, 6) is 0.782. The topological polar surface area (TPSA) is 69.4 Å². The number of rotatable bonds is 9. The van der Waals surface area contributed by atoms with Crippen molar-refractivity contribution in [2.75, 3.05) is 32.8 Å². The fourth-order valence-corrected chi connectivity index (χ4v) is 4.12. The number of morpholine rings is 1. The van der Waals surface area contributed by atoms with Crippen LogP contribution in [0, 0.1) is 5.92 Å². The van der Waals surface area contributed by atoms with Crippen molar-refractivity contribution in [3.63, 3.8) is 0 Å². The molecule has 0 atom stereocenters. The SMILES string of the molecule is CC(C)CC(=O)Cn1c(-c2ccccc2)nn(-c2ccc(CCN3CCOCC3)cc2)c1=O. The van der Waals surface area contributed by atoms with E-state index in [4.69, 9.17) is 4.74 Å². The maximum Gasteiger partial charge on any atom is 0.351 e. The van der Waals surface area contributed by atoms with Gasteiger partial charge in [-0.15, -0.1) is 5.10 Å². The molecule has 0 unspecified atom stereocenters. The molecular weight excluding hydrogens is 416 g/mol. The monoisotopic (exact) mass is 448 g/mol. The van der Waals surface area contributed by atoms with E-state index in [0.717, 1.165) is 44.8 Å². The minimum atomic E-state index is -0.299. The Morgan fingerprint density at radius 2 is 1.73 bits per heavy atom. The van der Waals surface area contributed by atoms with Crippen molar-refractivity contribution in [2.24, 2.45) is 5.92 Å². The van der Waals surface area contributed by atoms with Gasteiger partial charge in [-0.3, -0.25) is 14.3 Å². The van der Waals surface area contributed by atoms with Crippen LogP contribution in [0.3, 0.4) is 0 Å². The summed E-state index contributed by atoms with van der Waals surface area (Å²) in [5.41, 5.74) is 2.43. The van der Waals surface area contributed by atoms with Gasteiger partial charge in [-0.25, -0.2) is 4.79 Å². The molecule has 1 saturated heterocycles. The molecule has 0 spiro atoms. The number of aromatic nitrogens is 3. The minimum Gasteiger partial charge on any atom is -0.379 e. The molecule has 0 radical (unpaired) electrons. The molecule has 1 aliphatic heterocycles. The van der Waals surface area contributed by atoms with Gasteiger partial charge in [-0.1, -0.05) is 56.3 Å². The van der Waals surface area contributed by atoms with Crippen LogP contribution in [-0.2, 0) is 22.5 Å². The second-order valence-electron chi connectivity index (χ2n) is 8.98. The zero-order chi connectivity index (χ0) is 23.2. The van der Waals surface area contributed by atoms with Crippen molar-refractivity contribution in [1.82, 2.24) is 19.2 Å². The number of benzene rings is 2. The number of hydrogen-bond donors (Lipinski definition) is 0. The van der Waals surface area contributed by atoms with Crippen molar-refractivity contribution in [3.05, 3.63) is 70.6 Å². The van der Waals surface area contributed by atoms with Gasteiger partial charge >= 0.3 is 5.69 Å². The molecule has 7 nitrogen and oxygen atoms in total. The lowest BCUT2D eigenvalue weighted by Crippen LogP contribution is -2.37. The predicted octanol–water partition coefficient (Wildman–Crippen LogP) is 3.19. The van der Waals surface area contributed by atoms with Crippen LogP contribution in [0.4, 0.5) is 0 Å². The third-order valence-electron chi connectivity index (χ3n) is 5.87. The largest absolute Gasteiger partial charge is 0.379 e. The van der Waals surface area contributed by atoms with E-state index in [2.05, 4.69) is 10.00 Å². The first-order chi connectivity index (χ1) is 16.0. The number of hydrogen-bond acceptors (Lipinski definition) is 5. The molecule has 33 heavy (non-hydrogen) atoms. The second kappa shape index (κ2) is 10.7. The molecule has 1 aliphatic rings. The average Bonchev–Trinajstić information content (AvgIpc) is 3.14. The molecule has 0 amide bonds. The summed E-state index contributed by atoms with van der Waals surface area (Å²) in [4.78, 5) is 28.2. The fourth-order valence-electron chi connectivity index (χ4n) is 4.12. The maximum absolute atomic E-state index is 13.3. The molecule has 1 fully saturated rings. The van der Waals surface area contributed by atoms with Crippen LogP contribution in [0.2, 0.25) is 0 Å². The van der Waals surface area contributed by atoms with Crippen LogP contribution < -0.4 is 5.69 Å². The summed E-state index contributed by atoms with van der Waals surface area (Å²) in [6, 6.07) is 17.5. The van der Waals surface area contributed by atoms with Crippen molar-refractivity contribution in [2.45, 2.75) is 33.2 Å². The molecule has 2 heterocycles. The second-order valence-corrected chi connectivity index (χ2v) is 8.98. The highest BCUT2D eigenvalue weighted by molar-refractivity contribution is 5.79. The van der Waals surface area contributed by atoms with Crippen LogP contribution in [0.25, 0.3) is 17.1 Å². The lowest BCUT2D eigenvalue weighted by atomic mass is 10.1. The van der Waals surface area contributed by atoms with E-state index in [0.29, 0.717) is 17.9 Å². The lowest BCUT2D eigenvalue weighted by Gasteiger charge is -2.26. The highest BCUT2D eigenvalue weighted by Gasteiger charge is 2.19. The molecule has 2 aromatic carbocycles. The number of Topliss-reactive ketones (excluding diaryl/α,β-unsaturated/α-hetero) is 1. The normalized spacial score (nSPS) is 14.6. The van der Waals surface area contributed by atoms with Crippen molar-refractivity contribution >= 4 is 5.78 Å². The van der Waals surface area contributed by atoms with Crippen LogP contribution >= 0.6 is 0 Å². The Bertz CT molecular complexity index is 1110. The highest BCUT2D eigenvalue weighted by Crippen LogP contribution is 2.18. The van der Waals surface area contributed by atoms with E-state index < -0.39 is 0 Å². The molecule has 4 rings (SSSR count). The predicted molar refractivity (Wildman–Crippen MR) is 129 cm³/mol. The van der Waals surface area contributed by atoms with Gasteiger partial charge in [0.2, 0.25) is 0 Å². The molecule has 0 N–H and O–H groups in total. The van der Waals surface area contributed by atoms with E-state index in [-0.39, 0.29) is 23.9 Å². The van der Waals surface area contributed by atoms with Crippen LogP contribution in [0.15, 0.2) is 59.4 Å². The van der Waals surface area contributed by atoms with E-state index in [1.165, 1.54) is 14.8 Å². The Balaban J connectivity index is 1.58. The highest BCUT2D eigenvalue weighted by atomic mass is 16.5. The van der Waals surface area contributed by atoms with Gasteiger partial charge < -0.3 is 4.74 Å². The Kier molecular flexibility index (Phi) is 7.52. The number of ketones is 1. The maximum atomic E-state index is 13.3. The molecule has 7 heteroatoms. The first-order valence-electron chi connectivity index (χ1n) is 11.7. The third-order valence-corrected chi connectivity index (χ3v) is 5.87. The standard InChI is InChI=1S/C26H32N4O3/c1-20(2)18-24(31)19-29-25(22-6-4-3-5-7-22)27-30(26(29)32)23-10-8-21(9-11-23)12-13-28-14-16-33-17-15-28/h3-11,20H,12-19H2,1-2H3. The van der Waals surface area contributed by atoms with Crippen molar-refractivity contribution < 1.29 is 9.53 Å². The zero-order valence-electron chi connectivity index (χ0n) is 19.4. The van der Waals surface area contributed by atoms with E-state index in [9.17, 15) is 9.59 Å². The summed E-state index contributed by atoms with van der Waals surface area (Å²) in [6.45, 7) is 8.57. The number of nitrogens with zero attached hydrogens (tertiary/aromatic N) is 4. The summed E-state index contributed by atoms with van der Waals surface area (Å²) in [7, 11) is 0. The molecule has 174 valence electrons. The quantitative estimate of drug-likeness (QED) is 0.503. The van der Waals surface area contributed by atoms with Crippen molar-refractivity contribution in [3.8, 4) is 17.1 Å². The van der Waals surface area contributed by atoms with Gasteiger partial charge in [0.1, 0.15) is 0 Å². The van der Waals surface area contributed by atoms with Gasteiger partial charge in [-0.2, -0.15) is 4.68 Å². The van der Waals surface area contributed by atoms with Gasteiger partial charge in [0.25, 0.3) is 0 Å². The van der Waals surface area contributed by atoms with Gasteiger partial charge in [0, 0.05) is 31.6 Å². The smallest absolute Gasteiger partial charge is 0.351 e. The molecule has 0 aliphatic carbocycles. The van der Waals surface area contributed by atoms with Crippen LogP contribution in [-0.4, -0.2) is 57.9 Å². The summed E-state index contributed by atoms with van der Waals surface area (Å²) < 4.78 is 8.30. The van der Waals surface area contributed by atoms with Crippen molar-refractivity contribution in [1.29, 1.82) is 0 Å². The van der Waals surface area contributed by atoms with Gasteiger partial charge in [-0.05, 0) is 30.0 Å². The van der Waals surface area contributed by atoms with E-state index >= 15 is 0 Å². The van der Waals surface area contributed by atoms with Crippen LogP contribution in [0.1, 0.15) is 25.8 Å². The first kappa shape index (κ1) is 23.1. The Morgan fingerprint density at radius 1 is 1.03 bits per heavy atom. The Labute approximate surface area is 194 Å². The zero-order valence-corrected chi connectivity index (χ0v) is 19.4. The average molecular weight is 449 g/mol. The summed E-state index contributed by atoms with van der Waals surface area (Å²) in [6.07, 6.45) is 1.38. The molecule has 0 bridgehead atoms. The van der Waals surface area contributed by atoms with Crippen LogP contribution in [0.5, 0.6) is 0 Å². The van der Waals surface area contributed by atoms with E-state index in [1.807, 2.05) is 68.4 Å². The summed E-state index contributed by atoms with van der Waals surface area (Å²) >= 11 is 0. The molecule has 1 aromatic heterocycles. The number of carbonyl (C=O) groups is 1. The Hall–Kier alpha value is -3.03. The fraction of sp³-hybridized carbons (Fsp3) is 0.423. The summed E-state index contributed by atoms with van der Waals surface area (Å²) in [5, 5.41) is 4.62. The number of ether oxygens (including phenoxy) is 1. The molecule has 3 aromatic rings. The Morgan fingerprint density at radius 3 is 2.39 bits per heavy atom. The van der Waals surface area contributed by atoms with Gasteiger partial charge in [0.15, 0.2) is 11.6 Å². The lowest BCUT2D eigenvalue weighted by molar-refractivity contribution is -0.120. The third kappa shape index (κ3) is 5.86. The van der Waals surface area contributed by atoms with E-state index in [1.54, 1.807) is 0 Å².